The highest BCUT2D eigenvalue weighted by Crippen LogP contribution is 2.16. The van der Waals surface area contributed by atoms with Crippen LogP contribution in [0, 0.1) is 5.92 Å². The van der Waals surface area contributed by atoms with Crippen LogP contribution >= 0.6 is 0 Å². The summed E-state index contributed by atoms with van der Waals surface area (Å²) in [4.78, 5) is 47.3. The van der Waals surface area contributed by atoms with Gasteiger partial charge in [-0.3, -0.25) is 14.4 Å². The van der Waals surface area contributed by atoms with Crippen LogP contribution in [0.4, 0.5) is 0 Å². The van der Waals surface area contributed by atoms with E-state index in [2.05, 4.69) is 16.0 Å². The molecule has 7 heteroatoms. The Bertz CT molecular complexity index is 702. The number of hydrogen-bond acceptors (Lipinski definition) is 4. The molecule has 3 atom stereocenters. The van der Waals surface area contributed by atoms with Crippen LogP contribution in [0.2, 0.25) is 0 Å². The van der Waals surface area contributed by atoms with Crippen molar-refractivity contribution in [3.05, 3.63) is 42.0 Å². The number of benzene rings is 1. The molecule has 144 valence electrons. The lowest BCUT2D eigenvalue weighted by molar-refractivity contribution is -0.130. The van der Waals surface area contributed by atoms with Gasteiger partial charge in [0.1, 0.15) is 12.3 Å². The van der Waals surface area contributed by atoms with Gasteiger partial charge in [-0.05, 0) is 37.8 Å². The van der Waals surface area contributed by atoms with Crippen molar-refractivity contribution in [2.75, 3.05) is 6.54 Å². The fourth-order valence-corrected chi connectivity index (χ4v) is 2.89. The van der Waals surface area contributed by atoms with E-state index in [4.69, 9.17) is 0 Å². The van der Waals surface area contributed by atoms with E-state index in [0.29, 0.717) is 19.3 Å². The Morgan fingerprint density at radius 3 is 2.67 bits per heavy atom. The molecule has 3 N–H and O–H groups in total. The zero-order valence-electron chi connectivity index (χ0n) is 15.3. The van der Waals surface area contributed by atoms with Crippen LogP contribution in [-0.2, 0) is 19.2 Å². The van der Waals surface area contributed by atoms with Gasteiger partial charge in [-0.25, -0.2) is 0 Å². The van der Waals surface area contributed by atoms with E-state index in [-0.39, 0.29) is 18.2 Å². The van der Waals surface area contributed by atoms with Crippen LogP contribution < -0.4 is 16.0 Å². The number of carbonyl (C=O) groups excluding carboxylic acids is 4. The van der Waals surface area contributed by atoms with Gasteiger partial charge in [-0.1, -0.05) is 30.3 Å². The molecule has 3 amide bonds. The van der Waals surface area contributed by atoms with E-state index in [1.807, 2.05) is 30.3 Å². The fraction of sp³-hybridized carbons (Fsp3) is 0.400. The minimum atomic E-state index is -0.805. The lowest BCUT2D eigenvalue weighted by atomic mass is 9.92. The smallest absolute Gasteiger partial charge is 0.244 e. The molecule has 0 spiro atoms. The van der Waals surface area contributed by atoms with Gasteiger partial charge in [0.15, 0.2) is 0 Å². The average Bonchev–Trinajstić information content (AvgIpc) is 2.68. The number of amides is 3. The largest absolute Gasteiger partial charge is 0.356 e. The summed E-state index contributed by atoms with van der Waals surface area (Å²) >= 11 is 0. The zero-order chi connectivity index (χ0) is 19.6. The maximum Gasteiger partial charge on any atom is 0.244 e. The highest BCUT2D eigenvalue weighted by Gasteiger charge is 2.27. The van der Waals surface area contributed by atoms with Crippen LogP contribution in [-0.4, -0.2) is 42.6 Å². The summed E-state index contributed by atoms with van der Waals surface area (Å²) in [6, 6.07) is 7.75. The molecule has 1 saturated heterocycles. The van der Waals surface area contributed by atoms with Crippen LogP contribution in [0.1, 0.15) is 31.7 Å². The minimum Gasteiger partial charge on any atom is -0.356 e. The Morgan fingerprint density at radius 2 is 2.00 bits per heavy atom. The number of carbonyl (C=O) groups is 4. The Kier molecular flexibility index (Phi) is 7.73. The summed E-state index contributed by atoms with van der Waals surface area (Å²) < 4.78 is 0. The summed E-state index contributed by atoms with van der Waals surface area (Å²) in [6.07, 6.45) is 5.44. The highest BCUT2D eigenvalue weighted by atomic mass is 16.2. The second-order valence-corrected chi connectivity index (χ2v) is 6.59. The fourth-order valence-electron chi connectivity index (χ4n) is 2.89. The van der Waals surface area contributed by atoms with E-state index in [0.717, 1.165) is 12.0 Å². The first kappa shape index (κ1) is 20.4. The molecule has 1 aliphatic rings. The number of piperidine rings is 1. The van der Waals surface area contributed by atoms with Gasteiger partial charge >= 0.3 is 0 Å². The van der Waals surface area contributed by atoms with Gasteiger partial charge in [0.2, 0.25) is 17.7 Å². The van der Waals surface area contributed by atoms with E-state index < -0.39 is 23.9 Å². The van der Waals surface area contributed by atoms with Crippen molar-refractivity contribution in [2.45, 2.75) is 38.3 Å². The number of nitrogens with one attached hydrogen (secondary N) is 3. The van der Waals surface area contributed by atoms with Crippen LogP contribution in [0.15, 0.2) is 36.4 Å². The molecule has 1 fully saturated rings. The molecule has 2 rings (SSSR count). The SMILES string of the molecule is C[C@H](NC(=O)/C=C/c1ccccc1)C(=O)N[C@H](C=O)C[C@@H]1CCCNC1=O. The minimum absolute atomic E-state index is 0.0882. The van der Waals surface area contributed by atoms with Crippen molar-refractivity contribution >= 4 is 30.1 Å². The van der Waals surface area contributed by atoms with E-state index in [1.54, 1.807) is 13.0 Å². The third-order valence-electron chi connectivity index (χ3n) is 4.41. The topological polar surface area (TPSA) is 104 Å². The van der Waals surface area contributed by atoms with Gasteiger partial charge in [-0.2, -0.15) is 0 Å². The maximum absolute atomic E-state index is 12.2. The highest BCUT2D eigenvalue weighted by molar-refractivity contribution is 5.95. The third-order valence-corrected chi connectivity index (χ3v) is 4.41. The second-order valence-electron chi connectivity index (χ2n) is 6.59. The number of aldehydes is 1. The normalized spacial score (nSPS) is 19.0. The third kappa shape index (κ3) is 6.69. The molecule has 0 bridgehead atoms. The molecule has 7 nitrogen and oxygen atoms in total. The lowest BCUT2D eigenvalue weighted by Crippen LogP contribution is -2.49. The number of rotatable bonds is 8. The molecule has 1 aliphatic heterocycles. The predicted molar refractivity (Wildman–Crippen MR) is 101 cm³/mol. The molecule has 1 aromatic rings. The van der Waals surface area contributed by atoms with Crippen LogP contribution in [0.5, 0.6) is 0 Å². The van der Waals surface area contributed by atoms with E-state index in [1.165, 1.54) is 6.08 Å². The van der Waals surface area contributed by atoms with Crippen molar-refractivity contribution in [1.82, 2.24) is 16.0 Å². The molecule has 1 aromatic carbocycles. The van der Waals surface area contributed by atoms with Crippen molar-refractivity contribution in [1.29, 1.82) is 0 Å². The van der Waals surface area contributed by atoms with Crippen LogP contribution in [0.25, 0.3) is 6.08 Å². The first-order valence-electron chi connectivity index (χ1n) is 9.06. The van der Waals surface area contributed by atoms with E-state index in [9.17, 15) is 19.2 Å². The molecule has 1 heterocycles. The predicted octanol–water partition coefficient (Wildman–Crippen LogP) is 0.804. The summed E-state index contributed by atoms with van der Waals surface area (Å²) in [6.45, 7) is 2.19. The van der Waals surface area contributed by atoms with Gasteiger partial charge < -0.3 is 20.7 Å². The molecular weight excluding hydrogens is 346 g/mol. The second kappa shape index (κ2) is 10.3. The molecule has 27 heavy (non-hydrogen) atoms. The van der Waals surface area contributed by atoms with Crippen molar-refractivity contribution in [3.8, 4) is 0 Å². The summed E-state index contributed by atoms with van der Waals surface area (Å²) in [5, 5.41) is 7.91. The van der Waals surface area contributed by atoms with Gasteiger partial charge in [-0.15, -0.1) is 0 Å². The molecule has 0 aromatic heterocycles. The standard InChI is InChI=1S/C20H25N3O4/c1-14(22-18(25)10-9-15-6-3-2-4-7-15)19(26)23-17(13-24)12-16-8-5-11-21-20(16)27/h2-4,6-7,9-10,13-14,16-17H,5,8,11-12H2,1H3,(H,21,27)(H,22,25)(H,23,26)/b10-9+/t14-,16-,17-/m0/s1. The maximum atomic E-state index is 12.2. The summed E-state index contributed by atoms with van der Waals surface area (Å²) in [5.41, 5.74) is 0.872. The Balaban J connectivity index is 1.82. The quantitative estimate of drug-likeness (QED) is 0.464. The Hall–Kier alpha value is -2.96. The van der Waals surface area contributed by atoms with Crippen molar-refractivity contribution in [3.63, 3.8) is 0 Å². The first-order valence-corrected chi connectivity index (χ1v) is 9.06. The Morgan fingerprint density at radius 1 is 1.26 bits per heavy atom. The van der Waals surface area contributed by atoms with Gasteiger partial charge in [0, 0.05) is 18.5 Å². The molecule has 0 saturated carbocycles. The van der Waals surface area contributed by atoms with Crippen molar-refractivity contribution < 1.29 is 19.2 Å². The van der Waals surface area contributed by atoms with Gasteiger partial charge in [0.25, 0.3) is 0 Å². The average molecular weight is 371 g/mol. The van der Waals surface area contributed by atoms with Crippen molar-refractivity contribution in [2.24, 2.45) is 5.92 Å². The Labute approximate surface area is 158 Å². The summed E-state index contributed by atoms with van der Waals surface area (Å²) in [7, 11) is 0. The van der Waals surface area contributed by atoms with Gasteiger partial charge in [0.05, 0.1) is 6.04 Å². The van der Waals surface area contributed by atoms with E-state index >= 15 is 0 Å². The molecule has 0 radical (unpaired) electrons. The number of hydrogen-bond donors (Lipinski definition) is 3. The summed E-state index contributed by atoms with van der Waals surface area (Å²) in [5.74, 6) is -1.25. The monoisotopic (exact) mass is 371 g/mol. The first-order chi connectivity index (χ1) is 13.0. The van der Waals surface area contributed by atoms with Crippen LogP contribution in [0.3, 0.4) is 0 Å². The lowest BCUT2D eigenvalue weighted by Gasteiger charge is -2.25. The zero-order valence-corrected chi connectivity index (χ0v) is 15.3. The molecule has 0 unspecified atom stereocenters. The molecular formula is C20H25N3O4. The molecule has 0 aliphatic carbocycles.